The molecule has 0 amide bonds. The second kappa shape index (κ2) is 6.22. The molecule has 3 aromatic rings. The van der Waals surface area contributed by atoms with Gasteiger partial charge < -0.3 is 4.98 Å². The Morgan fingerprint density at radius 1 is 1.13 bits per heavy atom. The normalized spacial score (nSPS) is 12.0. The summed E-state index contributed by atoms with van der Waals surface area (Å²) in [5.74, 6) is 0.999. The molecule has 0 atom stereocenters. The molecule has 2 aromatic heterocycles. The predicted octanol–water partition coefficient (Wildman–Crippen LogP) is 5.58. The highest BCUT2D eigenvalue weighted by molar-refractivity contribution is 7.98. The standard InChI is InChI=1S/C14H8Cl2F3N3S/c15-8-4-10-11(5-9(8)16)22-13(21-10)6-23-7-1-2-20-12(3-7)14(17,18)19/h1-5H,6H2,(H,21,22). The molecule has 0 aliphatic rings. The van der Waals surface area contributed by atoms with E-state index >= 15 is 0 Å². The largest absolute Gasteiger partial charge is 0.433 e. The fourth-order valence-corrected chi connectivity index (χ4v) is 3.05. The van der Waals surface area contributed by atoms with Gasteiger partial charge in [-0.1, -0.05) is 23.2 Å². The number of H-pyrrole nitrogens is 1. The van der Waals surface area contributed by atoms with Crippen molar-refractivity contribution in [3.8, 4) is 0 Å². The van der Waals surface area contributed by atoms with E-state index in [1.165, 1.54) is 17.8 Å². The molecular weight excluding hydrogens is 370 g/mol. The monoisotopic (exact) mass is 377 g/mol. The highest BCUT2D eigenvalue weighted by Crippen LogP contribution is 2.32. The molecule has 0 fully saturated rings. The zero-order chi connectivity index (χ0) is 16.6. The number of benzene rings is 1. The van der Waals surface area contributed by atoms with Crippen molar-refractivity contribution < 1.29 is 13.2 Å². The van der Waals surface area contributed by atoms with Gasteiger partial charge in [0.05, 0.1) is 26.8 Å². The number of aromatic nitrogens is 3. The Morgan fingerprint density at radius 2 is 1.87 bits per heavy atom. The van der Waals surface area contributed by atoms with Crippen molar-refractivity contribution in [2.45, 2.75) is 16.8 Å². The van der Waals surface area contributed by atoms with Crippen molar-refractivity contribution >= 4 is 46.0 Å². The Hall–Kier alpha value is -1.44. The smallest absolute Gasteiger partial charge is 0.341 e. The lowest BCUT2D eigenvalue weighted by atomic mass is 10.3. The number of nitrogens with zero attached hydrogens (tertiary/aromatic N) is 2. The van der Waals surface area contributed by atoms with E-state index in [1.807, 2.05) is 0 Å². The third kappa shape index (κ3) is 3.73. The van der Waals surface area contributed by atoms with Crippen molar-refractivity contribution in [1.82, 2.24) is 15.0 Å². The number of thioether (sulfide) groups is 1. The van der Waals surface area contributed by atoms with E-state index in [0.717, 1.165) is 17.8 Å². The summed E-state index contributed by atoms with van der Waals surface area (Å²) in [5.41, 5.74) is 0.465. The van der Waals surface area contributed by atoms with Crippen LogP contribution < -0.4 is 0 Å². The second-order valence-corrected chi connectivity index (χ2v) is 6.49. The van der Waals surface area contributed by atoms with Gasteiger partial charge in [0.15, 0.2) is 0 Å². The quantitative estimate of drug-likeness (QED) is 0.606. The maximum absolute atomic E-state index is 12.6. The highest BCUT2D eigenvalue weighted by Gasteiger charge is 2.32. The molecule has 3 nitrogen and oxygen atoms in total. The summed E-state index contributed by atoms with van der Waals surface area (Å²) in [7, 11) is 0. The van der Waals surface area contributed by atoms with E-state index in [0.29, 0.717) is 32.0 Å². The van der Waals surface area contributed by atoms with Crippen LogP contribution in [0.1, 0.15) is 11.5 Å². The molecule has 0 spiro atoms. The van der Waals surface area contributed by atoms with Gasteiger partial charge in [0.2, 0.25) is 0 Å². The van der Waals surface area contributed by atoms with Gasteiger partial charge in [-0.15, -0.1) is 11.8 Å². The topological polar surface area (TPSA) is 41.6 Å². The van der Waals surface area contributed by atoms with Gasteiger partial charge in [-0.05, 0) is 24.3 Å². The van der Waals surface area contributed by atoms with Gasteiger partial charge in [-0.25, -0.2) is 4.98 Å². The number of aromatic amines is 1. The van der Waals surface area contributed by atoms with Gasteiger partial charge in [0.25, 0.3) is 0 Å². The minimum Gasteiger partial charge on any atom is -0.341 e. The molecule has 0 unspecified atom stereocenters. The van der Waals surface area contributed by atoms with Gasteiger partial charge in [-0.3, -0.25) is 4.98 Å². The number of alkyl halides is 3. The van der Waals surface area contributed by atoms with Crippen LogP contribution in [0, 0.1) is 0 Å². The molecule has 3 rings (SSSR count). The minimum atomic E-state index is -4.45. The number of halogens is 5. The van der Waals surface area contributed by atoms with E-state index in [1.54, 1.807) is 12.1 Å². The fourth-order valence-electron chi connectivity index (χ4n) is 1.93. The number of fused-ring (bicyclic) bond motifs is 1. The van der Waals surface area contributed by atoms with Crippen molar-refractivity contribution in [1.29, 1.82) is 0 Å². The average Bonchev–Trinajstić information content (AvgIpc) is 2.87. The van der Waals surface area contributed by atoms with Crippen LogP contribution in [0.25, 0.3) is 11.0 Å². The molecule has 0 aliphatic carbocycles. The summed E-state index contributed by atoms with van der Waals surface area (Å²) in [6, 6.07) is 5.84. The molecule has 0 saturated carbocycles. The maximum atomic E-state index is 12.6. The molecular formula is C14H8Cl2F3N3S. The Labute approximate surface area is 143 Å². The number of rotatable bonds is 3. The second-order valence-electron chi connectivity index (χ2n) is 4.63. The zero-order valence-corrected chi connectivity index (χ0v) is 13.6. The van der Waals surface area contributed by atoms with Crippen LogP contribution in [-0.4, -0.2) is 15.0 Å². The van der Waals surface area contributed by atoms with Gasteiger partial charge in [0, 0.05) is 11.1 Å². The molecule has 120 valence electrons. The predicted molar refractivity (Wildman–Crippen MR) is 84.9 cm³/mol. The van der Waals surface area contributed by atoms with Gasteiger partial charge in [0.1, 0.15) is 11.5 Å². The van der Waals surface area contributed by atoms with Crippen LogP contribution >= 0.6 is 35.0 Å². The highest BCUT2D eigenvalue weighted by atomic mass is 35.5. The molecule has 1 aromatic carbocycles. The van der Waals surface area contributed by atoms with E-state index in [9.17, 15) is 13.2 Å². The van der Waals surface area contributed by atoms with Crippen LogP contribution in [0.4, 0.5) is 13.2 Å². The lowest BCUT2D eigenvalue weighted by molar-refractivity contribution is -0.141. The first-order chi connectivity index (χ1) is 10.8. The van der Waals surface area contributed by atoms with Crippen LogP contribution in [0.5, 0.6) is 0 Å². The van der Waals surface area contributed by atoms with Crippen LogP contribution in [-0.2, 0) is 11.9 Å². The van der Waals surface area contributed by atoms with Gasteiger partial charge >= 0.3 is 6.18 Å². The Balaban J connectivity index is 1.78. The molecule has 0 bridgehead atoms. The Morgan fingerprint density at radius 3 is 2.61 bits per heavy atom. The van der Waals surface area contributed by atoms with Crippen molar-refractivity contribution in [3.63, 3.8) is 0 Å². The zero-order valence-electron chi connectivity index (χ0n) is 11.3. The molecule has 0 radical (unpaired) electrons. The summed E-state index contributed by atoms with van der Waals surface area (Å²) in [6.07, 6.45) is -3.31. The SMILES string of the molecule is FC(F)(F)c1cc(SCc2nc3cc(Cl)c(Cl)cc3[nH]2)ccn1. The van der Waals surface area contributed by atoms with Crippen LogP contribution in [0.2, 0.25) is 10.0 Å². The fraction of sp³-hybridized carbons (Fsp3) is 0.143. The van der Waals surface area contributed by atoms with E-state index in [-0.39, 0.29) is 0 Å². The lowest BCUT2D eigenvalue weighted by Gasteiger charge is -2.06. The average molecular weight is 378 g/mol. The summed E-state index contributed by atoms with van der Waals surface area (Å²) in [5, 5.41) is 0.805. The third-order valence-electron chi connectivity index (χ3n) is 2.97. The van der Waals surface area contributed by atoms with Crippen LogP contribution in [0.15, 0.2) is 35.4 Å². The maximum Gasteiger partial charge on any atom is 0.433 e. The number of hydrogen-bond donors (Lipinski definition) is 1. The lowest BCUT2D eigenvalue weighted by Crippen LogP contribution is -2.07. The third-order valence-corrected chi connectivity index (χ3v) is 4.70. The summed E-state index contributed by atoms with van der Waals surface area (Å²) < 4.78 is 37.9. The molecule has 2 heterocycles. The molecule has 23 heavy (non-hydrogen) atoms. The number of hydrogen-bond acceptors (Lipinski definition) is 3. The van der Waals surface area contributed by atoms with Crippen LogP contribution in [0.3, 0.4) is 0 Å². The first kappa shape index (κ1) is 16.4. The molecule has 9 heteroatoms. The first-order valence-electron chi connectivity index (χ1n) is 6.32. The minimum absolute atomic E-state index is 0.380. The van der Waals surface area contributed by atoms with Crippen molar-refractivity contribution in [2.75, 3.05) is 0 Å². The van der Waals surface area contributed by atoms with Gasteiger partial charge in [-0.2, -0.15) is 13.2 Å². The molecule has 0 aliphatic heterocycles. The van der Waals surface area contributed by atoms with E-state index in [4.69, 9.17) is 23.2 Å². The summed E-state index contributed by atoms with van der Waals surface area (Å²) in [4.78, 5) is 11.2. The van der Waals surface area contributed by atoms with E-state index in [2.05, 4.69) is 15.0 Å². The Bertz CT molecular complexity index is 825. The number of imidazole rings is 1. The summed E-state index contributed by atoms with van der Waals surface area (Å²) >= 11 is 13.1. The summed E-state index contributed by atoms with van der Waals surface area (Å²) in [6.45, 7) is 0. The van der Waals surface area contributed by atoms with Crippen molar-refractivity contribution in [3.05, 3.63) is 52.0 Å². The number of nitrogens with one attached hydrogen (secondary N) is 1. The Kier molecular flexibility index (Phi) is 4.44. The molecule has 1 N–H and O–H groups in total. The first-order valence-corrected chi connectivity index (χ1v) is 8.07. The van der Waals surface area contributed by atoms with Crippen molar-refractivity contribution in [2.24, 2.45) is 0 Å². The number of pyridine rings is 1. The van der Waals surface area contributed by atoms with E-state index < -0.39 is 11.9 Å². The molecule has 0 saturated heterocycles.